The average molecular weight is 335 g/mol. The Morgan fingerprint density at radius 3 is 2.56 bits per heavy atom. The Morgan fingerprint density at radius 2 is 1.84 bits per heavy atom. The minimum atomic E-state index is 0.122. The van der Waals surface area contributed by atoms with Gasteiger partial charge >= 0.3 is 0 Å². The van der Waals surface area contributed by atoms with E-state index >= 15 is 0 Å². The van der Waals surface area contributed by atoms with E-state index in [2.05, 4.69) is 16.9 Å². The normalized spacial score (nSPS) is 13.7. The van der Waals surface area contributed by atoms with Gasteiger partial charge in [0.15, 0.2) is 6.29 Å². The molecule has 1 aliphatic heterocycles. The summed E-state index contributed by atoms with van der Waals surface area (Å²) in [7, 11) is 1.54. The molecule has 25 heavy (non-hydrogen) atoms. The molecule has 4 heteroatoms. The third-order valence-electron chi connectivity index (χ3n) is 4.37. The van der Waals surface area contributed by atoms with Gasteiger partial charge in [0.2, 0.25) is 0 Å². The zero-order chi connectivity index (χ0) is 17.6. The van der Waals surface area contributed by atoms with Crippen molar-refractivity contribution < 1.29 is 14.6 Å². The average Bonchev–Trinajstić information content (AvgIpc) is 2.67. The number of hydrogen-bond acceptors (Lipinski definition) is 4. The van der Waals surface area contributed by atoms with Crippen molar-refractivity contribution in [2.45, 2.75) is 19.3 Å². The molecule has 2 aromatic rings. The first kappa shape index (κ1) is 16.9. The number of nitrogens with zero attached hydrogens (tertiary/aromatic N) is 1. The van der Waals surface area contributed by atoms with E-state index in [4.69, 9.17) is 4.74 Å². The van der Waals surface area contributed by atoms with Crippen molar-refractivity contribution in [3.63, 3.8) is 0 Å². The van der Waals surface area contributed by atoms with Crippen molar-refractivity contribution in [2.75, 3.05) is 20.2 Å². The van der Waals surface area contributed by atoms with Crippen LogP contribution in [-0.4, -0.2) is 36.5 Å². The van der Waals surface area contributed by atoms with Crippen LogP contribution in [0.15, 0.2) is 36.4 Å². The quantitative estimate of drug-likeness (QED) is 0.687. The van der Waals surface area contributed by atoms with E-state index in [1.54, 1.807) is 18.2 Å². The Kier molecular flexibility index (Phi) is 5.25. The molecule has 0 unspecified atom stereocenters. The first-order chi connectivity index (χ1) is 12.2. The molecule has 3 rings (SSSR count). The summed E-state index contributed by atoms with van der Waals surface area (Å²) < 4.78 is 5.33. The van der Waals surface area contributed by atoms with Gasteiger partial charge in [-0.05, 0) is 55.0 Å². The van der Waals surface area contributed by atoms with Gasteiger partial charge in [0.25, 0.3) is 0 Å². The molecule has 0 saturated carbocycles. The summed E-state index contributed by atoms with van der Waals surface area (Å²) in [5.74, 6) is 3.80. The number of phenolic OH excluding ortho intramolecular Hbond substituents is 1. The van der Waals surface area contributed by atoms with E-state index in [1.165, 1.54) is 32.4 Å². The van der Waals surface area contributed by atoms with E-state index in [0.29, 0.717) is 11.3 Å². The standard InChI is InChI=1S/C21H21NO3/c1-25-21-14-18(24)6-8-20(21)19-7-5-16(13-17(19)15-23)9-12-22-10-3-2-4-11-22/h5-8,13-15,24H,2-4,10-11H2,1H3. The number of aromatic hydroxyl groups is 1. The lowest BCUT2D eigenvalue weighted by Crippen LogP contribution is -2.24. The number of phenols is 1. The fraction of sp³-hybridized carbons (Fsp3) is 0.286. The smallest absolute Gasteiger partial charge is 0.150 e. The maximum atomic E-state index is 11.6. The molecule has 4 nitrogen and oxygen atoms in total. The van der Waals surface area contributed by atoms with Crippen LogP contribution >= 0.6 is 0 Å². The molecular formula is C21H21NO3. The second-order valence-corrected chi connectivity index (χ2v) is 6.09. The van der Waals surface area contributed by atoms with Crippen LogP contribution in [0.2, 0.25) is 0 Å². The summed E-state index contributed by atoms with van der Waals surface area (Å²) in [6.45, 7) is 2.02. The van der Waals surface area contributed by atoms with Gasteiger partial charge in [-0.3, -0.25) is 4.79 Å². The van der Waals surface area contributed by atoms with Gasteiger partial charge in [0.1, 0.15) is 11.5 Å². The molecule has 128 valence electrons. The predicted molar refractivity (Wildman–Crippen MR) is 97.8 cm³/mol. The van der Waals surface area contributed by atoms with Crippen LogP contribution in [-0.2, 0) is 0 Å². The predicted octanol–water partition coefficient (Wildman–Crippen LogP) is 3.68. The molecule has 2 aromatic carbocycles. The van der Waals surface area contributed by atoms with E-state index in [9.17, 15) is 9.90 Å². The second kappa shape index (κ2) is 7.76. The lowest BCUT2D eigenvalue weighted by atomic mass is 9.97. The van der Waals surface area contributed by atoms with Crippen LogP contribution in [0.1, 0.15) is 35.2 Å². The van der Waals surface area contributed by atoms with E-state index in [0.717, 1.165) is 36.1 Å². The Morgan fingerprint density at radius 1 is 1.08 bits per heavy atom. The van der Waals surface area contributed by atoms with Gasteiger partial charge in [-0.25, -0.2) is 0 Å². The van der Waals surface area contributed by atoms with Crippen molar-refractivity contribution in [1.82, 2.24) is 4.90 Å². The van der Waals surface area contributed by atoms with Gasteiger partial charge in [-0.15, -0.1) is 0 Å². The third kappa shape index (κ3) is 3.95. The summed E-state index contributed by atoms with van der Waals surface area (Å²) in [5.41, 5.74) is 2.89. The number of hydrogen-bond donors (Lipinski definition) is 1. The molecular weight excluding hydrogens is 314 g/mol. The summed E-state index contributed by atoms with van der Waals surface area (Å²) in [6, 6.07) is 13.6. The molecule has 0 atom stereocenters. The van der Waals surface area contributed by atoms with Crippen molar-refractivity contribution in [1.29, 1.82) is 0 Å². The van der Waals surface area contributed by atoms with Gasteiger partial charge in [0, 0.05) is 41.9 Å². The topological polar surface area (TPSA) is 49.8 Å². The van der Waals surface area contributed by atoms with E-state index < -0.39 is 0 Å². The Hall–Kier alpha value is -2.93. The number of rotatable bonds is 3. The van der Waals surface area contributed by atoms with Crippen molar-refractivity contribution in [2.24, 2.45) is 0 Å². The fourth-order valence-corrected chi connectivity index (χ4v) is 3.04. The summed E-state index contributed by atoms with van der Waals surface area (Å²) in [6.07, 6.45) is 4.48. The Balaban J connectivity index is 1.93. The van der Waals surface area contributed by atoms with Gasteiger partial charge in [-0.2, -0.15) is 0 Å². The SMILES string of the molecule is COc1cc(O)ccc1-c1ccc(C#CN2CCCCC2)cc1C=O. The number of methoxy groups -OCH3 is 1. The number of piperidine rings is 1. The molecule has 0 bridgehead atoms. The van der Waals surface area contributed by atoms with Gasteiger partial charge in [-0.1, -0.05) is 6.07 Å². The van der Waals surface area contributed by atoms with Crippen LogP contribution in [0.4, 0.5) is 0 Å². The molecule has 0 aliphatic carbocycles. The summed E-state index contributed by atoms with van der Waals surface area (Å²) in [5, 5.41) is 9.61. The molecule has 0 radical (unpaired) electrons. The third-order valence-corrected chi connectivity index (χ3v) is 4.37. The first-order valence-corrected chi connectivity index (χ1v) is 8.44. The monoisotopic (exact) mass is 335 g/mol. The lowest BCUT2D eigenvalue weighted by Gasteiger charge is -2.21. The Bertz CT molecular complexity index is 827. The van der Waals surface area contributed by atoms with Crippen molar-refractivity contribution in [3.8, 4) is 34.6 Å². The van der Waals surface area contributed by atoms with E-state index in [-0.39, 0.29) is 5.75 Å². The van der Waals surface area contributed by atoms with Gasteiger partial charge in [0.05, 0.1) is 7.11 Å². The highest BCUT2D eigenvalue weighted by Gasteiger charge is 2.12. The summed E-state index contributed by atoms with van der Waals surface area (Å²) in [4.78, 5) is 13.7. The number of aldehydes is 1. The number of benzene rings is 2. The molecule has 0 amide bonds. The lowest BCUT2D eigenvalue weighted by molar-refractivity contribution is 0.112. The number of likely N-dealkylation sites (tertiary alicyclic amines) is 1. The minimum absolute atomic E-state index is 0.122. The number of carbonyl (C=O) groups is 1. The first-order valence-electron chi connectivity index (χ1n) is 8.44. The van der Waals surface area contributed by atoms with Crippen LogP contribution in [0.25, 0.3) is 11.1 Å². The highest BCUT2D eigenvalue weighted by Crippen LogP contribution is 2.34. The van der Waals surface area contributed by atoms with Gasteiger partial charge < -0.3 is 14.7 Å². The molecule has 0 spiro atoms. The molecule has 1 saturated heterocycles. The van der Waals surface area contributed by atoms with Crippen LogP contribution in [0, 0.1) is 12.0 Å². The van der Waals surface area contributed by atoms with Crippen LogP contribution in [0.5, 0.6) is 11.5 Å². The molecule has 1 fully saturated rings. The highest BCUT2D eigenvalue weighted by molar-refractivity contribution is 5.90. The molecule has 1 heterocycles. The largest absolute Gasteiger partial charge is 0.508 e. The second-order valence-electron chi connectivity index (χ2n) is 6.09. The number of ether oxygens (including phenoxy) is 1. The number of carbonyl (C=O) groups excluding carboxylic acids is 1. The zero-order valence-corrected chi connectivity index (χ0v) is 14.3. The molecule has 0 aromatic heterocycles. The maximum Gasteiger partial charge on any atom is 0.150 e. The maximum absolute atomic E-state index is 11.6. The van der Waals surface area contributed by atoms with Crippen molar-refractivity contribution in [3.05, 3.63) is 47.5 Å². The highest BCUT2D eigenvalue weighted by atomic mass is 16.5. The summed E-state index contributed by atoms with van der Waals surface area (Å²) >= 11 is 0. The zero-order valence-electron chi connectivity index (χ0n) is 14.3. The van der Waals surface area contributed by atoms with Crippen LogP contribution in [0.3, 0.4) is 0 Å². The Labute approximate surface area is 148 Å². The van der Waals surface area contributed by atoms with E-state index in [1.807, 2.05) is 12.1 Å². The minimum Gasteiger partial charge on any atom is -0.508 e. The van der Waals surface area contributed by atoms with Crippen molar-refractivity contribution >= 4 is 6.29 Å². The molecule has 1 N–H and O–H groups in total. The van der Waals surface area contributed by atoms with Crippen LogP contribution < -0.4 is 4.74 Å². The molecule has 1 aliphatic rings. The fourth-order valence-electron chi connectivity index (χ4n) is 3.04.